The molecule has 100 valence electrons. The second-order valence-electron chi connectivity index (χ2n) is 4.70. The molecule has 0 aliphatic carbocycles. The average Bonchev–Trinajstić information content (AvgIpc) is 2.68. The monoisotopic (exact) mass is 283 g/mol. The van der Waals surface area contributed by atoms with E-state index in [1.54, 1.807) is 18.2 Å². The Bertz CT molecular complexity index is 819. The predicted octanol–water partition coefficient (Wildman–Crippen LogP) is 3.20. The third-order valence-corrected chi connectivity index (χ3v) is 4.49. The highest BCUT2D eigenvalue weighted by atomic mass is 32.2. The van der Waals surface area contributed by atoms with Gasteiger partial charge in [0.2, 0.25) is 0 Å². The molecular formula is C16H13NO2S. The first-order chi connectivity index (χ1) is 9.56. The fourth-order valence-electron chi connectivity index (χ4n) is 2.16. The number of sulfonamides is 1. The van der Waals surface area contributed by atoms with Crippen LogP contribution in [0.25, 0.3) is 6.08 Å². The lowest BCUT2D eigenvalue weighted by atomic mass is 10.1. The van der Waals surface area contributed by atoms with E-state index in [-0.39, 0.29) is 4.90 Å². The molecule has 1 aliphatic rings. The van der Waals surface area contributed by atoms with Crippen molar-refractivity contribution < 1.29 is 8.42 Å². The van der Waals surface area contributed by atoms with E-state index in [2.05, 4.69) is 4.40 Å². The number of fused-ring (bicyclic) bond motifs is 1. The molecule has 0 saturated carbocycles. The van der Waals surface area contributed by atoms with Crippen LogP contribution in [0.15, 0.2) is 63.9 Å². The molecule has 0 saturated heterocycles. The van der Waals surface area contributed by atoms with Crippen LogP contribution < -0.4 is 0 Å². The average molecular weight is 283 g/mol. The predicted molar refractivity (Wildman–Crippen MR) is 80.4 cm³/mol. The number of nitrogens with zero attached hydrogens (tertiary/aromatic N) is 1. The molecule has 2 aromatic rings. The Morgan fingerprint density at radius 2 is 1.75 bits per heavy atom. The maximum atomic E-state index is 12.0. The standard InChI is InChI=1S/C16H13NO2S/c1-12-7-10-16-14(11-12)15(17-20(16,18)19)9-8-13-5-3-2-4-6-13/h2-11H,1H3. The van der Waals surface area contributed by atoms with Gasteiger partial charge in [0, 0.05) is 5.56 Å². The third-order valence-electron chi connectivity index (χ3n) is 3.14. The molecule has 0 amide bonds. The molecule has 0 aromatic heterocycles. The van der Waals surface area contributed by atoms with E-state index in [0.717, 1.165) is 11.1 Å². The number of allylic oxidation sites excluding steroid dienone is 1. The Hall–Kier alpha value is -2.20. The topological polar surface area (TPSA) is 46.5 Å². The summed E-state index contributed by atoms with van der Waals surface area (Å²) in [4.78, 5) is 0.288. The first kappa shape index (κ1) is 12.8. The third kappa shape index (κ3) is 2.30. The van der Waals surface area contributed by atoms with Gasteiger partial charge in [-0.3, -0.25) is 0 Å². The first-order valence-electron chi connectivity index (χ1n) is 6.25. The minimum absolute atomic E-state index is 0.288. The van der Waals surface area contributed by atoms with Crippen molar-refractivity contribution in [2.24, 2.45) is 4.40 Å². The highest BCUT2D eigenvalue weighted by Gasteiger charge is 2.27. The summed E-state index contributed by atoms with van der Waals surface area (Å²) < 4.78 is 27.8. The Labute approximate surface area is 118 Å². The maximum absolute atomic E-state index is 12.0. The minimum atomic E-state index is -3.54. The molecule has 0 radical (unpaired) electrons. The molecule has 0 spiro atoms. The zero-order chi connectivity index (χ0) is 14.2. The Morgan fingerprint density at radius 3 is 2.50 bits per heavy atom. The van der Waals surface area contributed by atoms with E-state index >= 15 is 0 Å². The summed E-state index contributed by atoms with van der Waals surface area (Å²) in [5, 5.41) is 0. The molecule has 20 heavy (non-hydrogen) atoms. The lowest BCUT2D eigenvalue weighted by molar-refractivity contribution is 0.599. The lowest BCUT2D eigenvalue weighted by Crippen LogP contribution is -1.95. The van der Waals surface area contributed by atoms with Gasteiger partial charge in [0.15, 0.2) is 0 Å². The highest BCUT2D eigenvalue weighted by molar-refractivity contribution is 7.90. The summed E-state index contributed by atoms with van der Waals surface area (Å²) in [6.45, 7) is 1.93. The second-order valence-corrected chi connectivity index (χ2v) is 6.27. The van der Waals surface area contributed by atoms with Crippen molar-refractivity contribution in [3.05, 3.63) is 71.3 Å². The van der Waals surface area contributed by atoms with Gasteiger partial charge in [0.25, 0.3) is 10.0 Å². The van der Waals surface area contributed by atoms with Gasteiger partial charge < -0.3 is 0 Å². The van der Waals surface area contributed by atoms with Crippen molar-refractivity contribution in [3.8, 4) is 0 Å². The van der Waals surface area contributed by atoms with Gasteiger partial charge in [-0.15, -0.1) is 0 Å². The number of hydrogen-bond donors (Lipinski definition) is 0. The molecule has 0 N–H and O–H groups in total. The van der Waals surface area contributed by atoms with E-state index in [9.17, 15) is 8.42 Å². The Morgan fingerprint density at radius 1 is 1.00 bits per heavy atom. The zero-order valence-electron chi connectivity index (χ0n) is 10.9. The number of rotatable bonds is 2. The normalized spacial score (nSPS) is 16.1. The van der Waals surface area contributed by atoms with Crippen molar-refractivity contribution in [2.75, 3.05) is 0 Å². The highest BCUT2D eigenvalue weighted by Crippen LogP contribution is 2.27. The molecule has 2 aromatic carbocycles. The second kappa shape index (κ2) is 4.72. The number of benzene rings is 2. The van der Waals surface area contributed by atoms with Crippen molar-refractivity contribution in [3.63, 3.8) is 0 Å². The smallest absolute Gasteiger partial charge is 0.199 e. The SMILES string of the molecule is Cc1ccc2c(c1)C(C=Cc1ccccc1)=NS2(=O)=O. The van der Waals surface area contributed by atoms with E-state index in [1.165, 1.54) is 0 Å². The van der Waals surface area contributed by atoms with Gasteiger partial charge in [-0.1, -0.05) is 48.0 Å². The molecule has 3 rings (SSSR count). The van der Waals surface area contributed by atoms with E-state index in [4.69, 9.17) is 0 Å². The van der Waals surface area contributed by atoms with Crippen molar-refractivity contribution in [2.45, 2.75) is 11.8 Å². The molecule has 0 bridgehead atoms. The number of hydrogen-bond acceptors (Lipinski definition) is 2. The fraction of sp³-hybridized carbons (Fsp3) is 0.0625. The lowest BCUT2D eigenvalue weighted by Gasteiger charge is -1.99. The minimum Gasteiger partial charge on any atom is -0.199 e. The van der Waals surface area contributed by atoms with Crippen molar-refractivity contribution >= 4 is 21.8 Å². The quantitative estimate of drug-likeness (QED) is 0.849. The van der Waals surface area contributed by atoms with Crippen LogP contribution in [0.2, 0.25) is 0 Å². The van der Waals surface area contributed by atoms with Gasteiger partial charge in [-0.2, -0.15) is 12.8 Å². The van der Waals surface area contributed by atoms with Gasteiger partial charge in [-0.25, -0.2) is 0 Å². The summed E-state index contributed by atoms with van der Waals surface area (Å²) in [6.07, 6.45) is 3.62. The van der Waals surface area contributed by atoms with Crippen LogP contribution in [-0.4, -0.2) is 14.1 Å². The largest absolute Gasteiger partial charge is 0.283 e. The first-order valence-corrected chi connectivity index (χ1v) is 7.69. The van der Waals surface area contributed by atoms with Crippen molar-refractivity contribution in [1.29, 1.82) is 0 Å². The van der Waals surface area contributed by atoms with Gasteiger partial charge in [0.05, 0.1) is 10.6 Å². The molecule has 0 fully saturated rings. The van der Waals surface area contributed by atoms with Crippen LogP contribution in [0.5, 0.6) is 0 Å². The van der Waals surface area contributed by atoms with E-state index in [1.807, 2.05) is 49.4 Å². The maximum Gasteiger partial charge on any atom is 0.283 e. The van der Waals surface area contributed by atoms with Gasteiger partial charge >= 0.3 is 0 Å². The fourth-order valence-corrected chi connectivity index (χ4v) is 3.35. The Balaban J connectivity index is 2.05. The van der Waals surface area contributed by atoms with Gasteiger partial charge in [-0.05, 0) is 30.7 Å². The summed E-state index contributed by atoms with van der Waals surface area (Å²) in [5.74, 6) is 0. The van der Waals surface area contributed by atoms with Crippen LogP contribution in [0.1, 0.15) is 16.7 Å². The summed E-state index contributed by atoms with van der Waals surface area (Å²) in [5.41, 5.74) is 3.19. The summed E-state index contributed by atoms with van der Waals surface area (Å²) >= 11 is 0. The molecule has 1 aliphatic heterocycles. The van der Waals surface area contributed by atoms with Gasteiger partial charge in [0.1, 0.15) is 0 Å². The Kier molecular flexibility index (Phi) is 3.03. The molecular weight excluding hydrogens is 270 g/mol. The zero-order valence-corrected chi connectivity index (χ0v) is 11.8. The van der Waals surface area contributed by atoms with Crippen LogP contribution >= 0.6 is 0 Å². The molecule has 0 atom stereocenters. The molecule has 4 heteroatoms. The van der Waals surface area contributed by atoms with E-state index in [0.29, 0.717) is 11.3 Å². The van der Waals surface area contributed by atoms with Crippen LogP contribution in [0.4, 0.5) is 0 Å². The molecule has 0 unspecified atom stereocenters. The summed E-state index contributed by atoms with van der Waals surface area (Å²) in [7, 11) is -3.54. The van der Waals surface area contributed by atoms with Crippen LogP contribution in [0.3, 0.4) is 0 Å². The molecule has 1 heterocycles. The van der Waals surface area contributed by atoms with E-state index < -0.39 is 10.0 Å². The number of aryl methyl sites for hydroxylation is 1. The summed E-state index contributed by atoms with van der Waals surface area (Å²) in [6, 6.07) is 15.0. The van der Waals surface area contributed by atoms with Crippen LogP contribution in [0, 0.1) is 6.92 Å². The van der Waals surface area contributed by atoms with Crippen LogP contribution in [-0.2, 0) is 10.0 Å². The van der Waals surface area contributed by atoms with Crippen molar-refractivity contribution in [1.82, 2.24) is 0 Å². The molecule has 3 nitrogen and oxygen atoms in total.